The number of nitrogens with two attached hydrogens (primary N) is 1. The van der Waals surface area contributed by atoms with Crippen molar-refractivity contribution in [3.8, 4) is 17.0 Å². The molecule has 1 aromatic heterocycles. The molecule has 0 amide bonds. The summed E-state index contributed by atoms with van der Waals surface area (Å²) in [5.74, 6) is 1.66. The molecule has 0 aliphatic heterocycles. The van der Waals surface area contributed by atoms with Crippen LogP contribution in [-0.2, 0) is 6.42 Å². The molecule has 18 heavy (non-hydrogen) atoms. The summed E-state index contributed by atoms with van der Waals surface area (Å²) in [5.41, 5.74) is 7.39. The number of anilines is 1. The van der Waals surface area contributed by atoms with Crippen LogP contribution in [0.3, 0.4) is 0 Å². The molecule has 0 aliphatic carbocycles. The smallest absolute Gasteiger partial charge is 0.292 e. The molecule has 0 saturated heterocycles. The normalized spacial score (nSPS) is 10.9. The van der Waals surface area contributed by atoms with Gasteiger partial charge in [0.15, 0.2) is 0 Å². The number of hydrogen-bond acceptors (Lipinski definition) is 4. The molecule has 1 heterocycles. The molecule has 0 saturated carbocycles. The predicted molar refractivity (Wildman–Crippen MR) is 71.5 cm³/mol. The topological polar surface area (TPSA) is 61.3 Å². The highest BCUT2D eigenvalue weighted by Gasteiger charge is 2.12. The van der Waals surface area contributed by atoms with Crippen LogP contribution >= 0.6 is 0 Å². The first kappa shape index (κ1) is 12.5. The molecular formula is C14H18N2O2. The summed E-state index contributed by atoms with van der Waals surface area (Å²) in [6.45, 7) is 6.02. The van der Waals surface area contributed by atoms with Gasteiger partial charge in [-0.05, 0) is 38.1 Å². The molecule has 1 aromatic carbocycles. The van der Waals surface area contributed by atoms with Crippen molar-refractivity contribution in [2.75, 3.05) is 5.73 Å². The molecule has 2 N–H and O–H groups in total. The lowest BCUT2D eigenvalue weighted by Crippen LogP contribution is -2.05. The molecular weight excluding hydrogens is 228 g/mol. The van der Waals surface area contributed by atoms with Crippen LogP contribution in [0.5, 0.6) is 5.75 Å². The van der Waals surface area contributed by atoms with E-state index < -0.39 is 0 Å². The van der Waals surface area contributed by atoms with Gasteiger partial charge in [-0.1, -0.05) is 6.92 Å². The van der Waals surface area contributed by atoms with Crippen LogP contribution in [0.15, 0.2) is 28.7 Å². The zero-order valence-corrected chi connectivity index (χ0v) is 10.9. The Morgan fingerprint density at radius 3 is 2.50 bits per heavy atom. The molecule has 0 spiro atoms. The van der Waals surface area contributed by atoms with E-state index in [1.54, 1.807) is 0 Å². The fourth-order valence-corrected chi connectivity index (χ4v) is 1.80. The van der Waals surface area contributed by atoms with Crippen LogP contribution in [0.2, 0.25) is 0 Å². The largest absolute Gasteiger partial charge is 0.491 e. The number of ether oxygens (including phenoxy) is 1. The first-order valence-electron chi connectivity index (χ1n) is 6.12. The summed E-state index contributed by atoms with van der Waals surface area (Å²) in [7, 11) is 0. The average Bonchev–Trinajstić information content (AvgIpc) is 2.71. The third kappa shape index (κ3) is 2.64. The Bertz CT molecular complexity index is 515. The van der Waals surface area contributed by atoms with E-state index in [1.165, 1.54) is 0 Å². The molecule has 4 heteroatoms. The van der Waals surface area contributed by atoms with Crippen LogP contribution in [0.4, 0.5) is 6.01 Å². The fraction of sp³-hybridized carbons (Fsp3) is 0.357. The van der Waals surface area contributed by atoms with Crippen molar-refractivity contribution in [1.29, 1.82) is 0 Å². The zero-order valence-electron chi connectivity index (χ0n) is 10.9. The summed E-state index contributed by atoms with van der Waals surface area (Å²) in [6, 6.07) is 8.01. The molecule has 0 unspecified atom stereocenters. The number of rotatable bonds is 4. The second kappa shape index (κ2) is 5.12. The quantitative estimate of drug-likeness (QED) is 0.899. The molecule has 4 nitrogen and oxygen atoms in total. The molecule has 2 aromatic rings. The number of nitrogen functional groups attached to an aromatic ring is 1. The van der Waals surface area contributed by atoms with E-state index in [0.717, 1.165) is 29.2 Å². The molecule has 2 rings (SSSR count). The third-order valence-corrected chi connectivity index (χ3v) is 2.53. The van der Waals surface area contributed by atoms with E-state index in [-0.39, 0.29) is 12.1 Å². The van der Waals surface area contributed by atoms with Crippen LogP contribution in [0, 0.1) is 0 Å². The number of nitrogens with zero attached hydrogens (tertiary/aromatic N) is 1. The Balaban J connectivity index is 2.28. The van der Waals surface area contributed by atoms with E-state index in [9.17, 15) is 0 Å². The van der Waals surface area contributed by atoms with E-state index in [1.807, 2.05) is 45.0 Å². The standard InChI is InChI=1S/C14H18N2O2/c1-4-12-13(16-14(15)18-12)10-5-7-11(8-6-10)17-9(2)3/h5-9H,4H2,1-3H3,(H2,15,16). The van der Waals surface area contributed by atoms with Gasteiger partial charge >= 0.3 is 0 Å². The highest BCUT2D eigenvalue weighted by Crippen LogP contribution is 2.27. The van der Waals surface area contributed by atoms with Crippen molar-refractivity contribution < 1.29 is 9.15 Å². The van der Waals surface area contributed by atoms with Gasteiger partial charge < -0.3 is 14.9 Å². The second-order valence-electron chi connectivity index (χ2n) is 4.37. The van der Waals surface area contributed by atoms with E-state index >= 15 is 0 Å². The molecule has 0 radical (unpaired) electrons. The van der Waals surface area contributed by atoms with Gasteiger partial charge in [0, 0.05) is 12.0 Å². The SMILES string of the molecule is CCc1oc(N)nc1-c1ccc(OC(C)C)cc1. The monoisotopic (exact) mass is 246 g/mol. The summed E-state index contributed by atoms with van der Waals surface area (Å²) in [4.78, 5) is 4.21. The number of benzene rings is 1. The van der Waals surface area contributed by atoms with Crippen molar-refractivity contribution in [2.45, 2.75) is 33.3 Å². The number of hydrogen-bond donors (Lipinski definition) is 1. The van der Waals surface area contributed by atoms with E-state index in [0.29, 0.717) is 0 Å². The summed E-state index contributed by atoms with van der Waals surface area (Å²) in [6.07, 6.45) is 0.939. The van der Waals surface area contributed by atoms with Gasteiger partial charge in [-0.15, -0.1) is 0 Å². The van der Waals surface area contributed by atoms with E-state index in [2.05, 4.69) is 4.98 Å². The maximum absolute atomic E-state index is 5.60. The lowest BCUT2D eigenvalue weighted by atomic mass is 10.1. The molecule has 0 bridgehead atoms. The first-order valence-corrected chi connectivity index (χ1v) is 6.12. The Morgan fingerprint density at radius 1 is 1.28 bits per heavy atom. The van der Waals surface area contributed by atoms with Crippen LogP contribution < -0.4 is 10.5 Å². The predicted octanol–water partition coefficient (Wildman–Crippen LogP) is 3.27. The van der Waals surface area contributed by atoms with Crippen molar-refractivity contribution in [2.24, 2.45) is 0 Å². The third-order valence-electron chi connectivity index (χ3n) is 2.53. The first-order chi connectivity index (χ1) is 8.60. The Hall–Kier alpha value is -1.97. The van der Waals surface area contributed by atoms with E-state index in [4.69, 9.17) is 14.9 Å². The van der Waals surface area contributed by atoms with Crippen molar-refractivity contribution in [1.82, 2.24) is 4.98 Å². The van der Waals surface area contributed by atoms with Crippen LogP contribution in [-0.4, -0.2) is 11.1 Å². The van der Waals surface area contributed by atoms with Gasteiger partial charge in [0.05, 0.1) is 6.10 Å². The van der Waals surface area contributed by atoms with Gasteiger partial charge in [-0.2, -0.15) is 4.98 Å². The van der Waals surface area contributed by atoms with Gasteiger partial charge in [0.1, 0.15) is 17.2 Å². The lowest BCUT2D eigenvalue weighted by Gasteiger charge is -2.09. The Morgan fingerprint density at radius 2 is 1.94 bits per heavy atom. The zero-order chi connectivity index (χ0) is 13.1. The number of aryl methyl sites for hydroxylation is 1. The minimum absolute atomic E-state index is 0.171. The maximum atomic E-state index is 5.60. The lowest BCUT2D eigenvalue weighted by molar-refractivity contribution is 0.242. The van der Waals surface area contributed by atoms with Crippen molar-refractivity contribution >= 4 is 6.01 Å². The second-order valence-corrected chi connectivity index (χ2v) is 4.37. The maximum Gasteiger partial charge on any atom is 0.292 e. The van der Waals surface area contributed by atoms with Gasteiger partial charge in [-0.3, -0.25) is 0 Å². The average molecular weight is 246 g/mol. The number of aromatic nitrogens is 1. The van der Waals surface area contributed by atoms with Crippen LogP contribution in [0.1, 0.15) is 26.5 Å². The fourth-order valence-electron chi connectivity index (χ4n) is 1.80. The number of oxazole rings is 1. The Kier molecular flexibility index (Phi) is 3.55. The minimum Gasteiger partial charge on any atom is -0.491 e. The summed E-state index contributed by atoms with van der Waals surface area (Å²) >= 11 is 0. The highest BCUT2D eigenvalue weighted by molar-refractivity contribution is 5.63. The molecule has 0 atom stereocenters. The molecule has 96 valence electrons. The van der Waals surface area contributed by atoms with Gasteiger partial charge in [0.25, 0.3) is 6.01 Å². The highest BCUT2D eigenvalue weighted by atomic mass is 16.5. The molecule has 0 fully saturated rings. The van der Waals surface area contributed by atoms with Crippen molar-refractivity contribution in [3.05, 3.63) is 30.0 Å². The van der Waals surface area contributed by atoms with Crippen molar-refractivity contribution in [3.63, 3.8) is 0 Å². The Labute approximate surface area is 107 Å². The summed E-state index contributed by atoms with van der Waals surface area (Å²) in [5, 5.41) is 0. The molecule has 0 aliphatic rings. The van der Waals surface area contributed by atoms with Gasteiger partial charge in [0.2, 0.25) is 0 Å². The van der Waals surface area contributed by atoms with Crippen LogP contribution in [0.25, 0.3) is 11.3 Å². The summed E-state index contributed by atoms with van der Waals surface area (Å²) < 4.78 is 10.9. The minimum atomic E-state index is 0.171. The van der Waals surface area contributed by atoms with Gasteiger partial charge in [-0.25, -0.2) is 0 Å².